The zero-order valence-corrected chi connectivity index (χ0v) is 21.6. The Morgan fingerprint density at radius 2 is 1.76 bits per heavy atom. The number of alkyl halides is 3. The highest BCUT2D eigenvalue weighted by Gasteiger charge is 2.35. The maximum atomic E-state index is 13.7. The lowest BCUT2D eigenvalue weighted by atomic mass is 10.1. The Kier molecular flexibility index (Phi) is 9.81. The van der Waals surface area contributed by atoms with E-state index in [0.29, 0.717) is 26.1 Å². The number of phosphoric acid groups is 1. The molecule has 2 aromatic carbocycles. The third-order valence-corrected chi connectivity index (χ3v) is 6.75. The molecule has 3 aromatic rings. The van der Waals surface area contributed by atoms with Crippen LogP contribution in [0.25, 0.3) is 10.6 Å². The van der Waals surface area contributed by atoms with Crippen molar-refractivity contribution in [2.75, 3.05) is 19.8 Å². The van der Waals surface area contributed by atoms with E-state index in [4.69, 9.17) is 25.0 Å². The van der Waals surface area contributed by atoms with Gasteiger partial charge in [0.05, 0.1) is 30.9 Å². The van der Waals surface area contributed by atoms with Gasteiger partial charge in [0.2, 0.25) is 0 Å². The van der Waals surface area contributed by atoms with Crippen LogP contribution in [0.4, 0.5) is 13.2 Å². The molecule has 0 aliphatic heterocycles. The van der Waals surface area contributed by atoms with E-state index < -0.39 is 31.7 Å². The molecular formula is C23H27F3N3O6PS. The summed E-state index contributed by atoms with van der Waals surface area (Å²) in [5.41, 5.74) is 4.83. The Bertz CT molecular complexity index is 1200. The average Bonchev–Trinajstić information content (AvgIpc) is 3.33. The molecule has 37 heavy (non-hydrogen) atoms. The predicted octanol–water partition coefficient (Wildman–Crippen LogP) is 4.88. The predicted molar refractivity (Wildman–Crippen MR) is 131 cm³/mol. The third-order valence-electron chi connectivity index (χ3n) is 5.03. The van der Waals surface area contributed by atoms with E-state index in [1.54, 1.807) is 0 Å². The minimum atomic E-state index is -4.76. The number of aromatic nitrogens is 2. The molecule has 0 fully saturated rings. The van der Waals surface area contributed by atoms with Gasteiger partial charge < -0.3 is 25.0 Å². The first-order chi connectivity index (χ1) is 17.4. The summed E-state index contributed by atoms with van der Waals surface area (Å²) in [6, 6.07) is 13.2. The summed E-state index contributed by atoms with van der Waals surface area (Å²) in [6.07, 6.45) is -3.53. The van der Waals surface area contributed by atoms with Crippen LogP contribution >= 0.6 is 19.2 Å². The number of ether oxygens (including phenoxy) is 2. The Labute approximate surface area is 215 Å². The van der Waals surface area contributed by atoms with Gasteiger partial charge in [0.1, 0.15) is 15.8 Å². The lowest BCUT2D eigenvalue weighted by molar-refractivity contribution is -0.138. The van der Waals surface area contributed by atoms with E-state index in [9.17, 15) is 17.7 Å². The molecule has 0 aliphatic rings. The van der Waals surface area contributed by atoms with Crippen LogP contribution < -0.4 is 10.5 Å². The van der Waals surface area contributed by atoms with E-state index in [-0.39, 0.29) is 27.9 Å². The first kappa shape index (κ1) is 29.2. The summed E-state index contributed by atoms with van der Waals surface area (Å²) in [5, 5.41) is 8.05. The van der Waals surface area contributed by atoms with Crippen molar-refractivity contribution in [2.45, 2.75) is 38.1 Å². The molecule has 3 rings (SSSR count). The fourth-order valence-electron chi connectivity index (χ4n) is 3.11. The van der Waals surface area contributed by atoms with Crippen LogP contribution in [0.1, 0.15) is 35.9 Å². The summed E-state index contributed by atoms with van der Waals surface area (Å²) >= 11 is 0.894. The van der Waals surface area contributed by atoms with E-state index in [2.05, 4.69) is 14.7 Å². The molecule has 0 radical (unpaired) electrons. The summed E-state index contributed by atoms with van der Waals surface area (Å²) in [6.45, 7) is 1.86. The monoisotopic (exact) mass is 561 g/mol. The summed E-state index contributed by atoms with van der Waals surface area (Å²) in [4.78, 5) is 17.8. The normalized spacial score (nSPS) is 13.9. The fourth-order valence-corrected chi connectivity index (χ4v) is 4.43. The molecule has 0 saturated carbocycles. The zero-order valence-electron chi connectivity index (χ0n) is 19.8. The average molecular weight is 562 g/mol. The molecule has 1 heterocycles. The van der Waals surface area contributed by atoms with Crippen LogP contribution in [0.2, 0.25) is 0 Å². The van der Waals surface area contributed by atoms with Gasteiger partial charge in [0.15, 0.2) is 0 Å². The Balaban J connectivity index is 1.59. The number of benzene rings is 2. The lowest BCUT2D eigenvalue weighted by Gasteiger charge is -2.21. The van der Waals surface area contributed by atoms with Gasteiger partial charge in [-0.1, -0.05) is 41.7 Å². The molecular weight excluding hydrogens is 534 g/mol. The second kappa shape index (κ2) is 12.4. The summed E-state index contributed by atoms with van der Waals surface area (Å²) in [5.74, 6) is -0.301. The van der Waals surface area contributed by atoms with Crippen molar-refractivity contribution < 1.29 is 41.5 Å². The van der Waals surface area contributed by atoms with Crippen LogP contribution in [0.5, 0.6) is 5.75 Å². The highest BCUT2D eigenvalue weighted by molar-refractivity contribution is 7.46. The molecule has 9 nitrogen and oxygen atoms in total. The van der Waals surface area contributed by atoms with Crippen molar-refractivity contribution in [1.82, 2.24) is 10.2 Å². The van der Waals surface area contributed by atoms with E-state index in [1.165, 1.54) is 19.1 Å². The highest BCUT2D eigenvalue weighted by atomic mass is 32.1. The summed E-state index contributed by atoms with van der Waals surface area (Å²) in [7, 11) is -4.76. The molecule has 14 heteroatoms. The molecule has 0 saturated heterocycles. The van der Waals surface area contributed by atoms with Crippen molar-refractivity contribution in [2.24, 2.45) is 5.73 Å². The van der Waals surface area contributed by atoms with Crippen LogP contribution in [0, 0.1) is 0 Å². The second-order valence-corrected chi connectivity index (χ2v) is 10.6. The Morgan fingerprint density at radius 3 is 2.43 bits per heavy atom. The molecule has 0 spiro atoms. The van der Waals surface area contributed by atoms with Gasteiger partial charge in [-0.2, -0.15) is 13.2 Å². The Hall–Kier alpha value is -2.38. The quantitative estimate of drug-likeness (QED) is 0.197. The molecule has 1 atom stereocenters. The number of nitrogens with two attached hydrogens (primary N) is 1. The molecule has 0 aliphatic carbocycles. The van der Waals surface area contributed by atoms with Crippen molar-refractivity contribution in [3.8, 4) is 16.3 Å². The SMILES string of the molecule is C[C@](N)(COP(=O)(O)O)c1nnc(-c2ccc(OCCCCOCc3ccccc3)c(C(F)(F)F)c2)s1. The molecule has 0 amide bonds. The van der Waals surface area contributed by atoms with Crippen molar-refractivity contribution in [1.29, 1.82) is 0 Å². The van der Waals surface area contributed by atoms with E-state index in [0.717, 1.165) is 23.0 Å². The van der Waals surface area contributed by atoms with E-state index in [1.807, 2.05) is 30.3 Å². The lowest BCUT2D eigenvalue weighted by Crippen LogP contribution is -2.37. The summed E-state index contributed by atoms with van der Waals surface area (Å²) < 4.78 is 67.6. The van der Waals surface area contributed by atoms with Crippen molar-refractivity contribution >= 4 is 19.2 Å². The second-order valence-electron chi connectivity index (χ2n) is 8.40. The van der Waals surface area contributed by atoms with Gasteiger partial charge in [0.25, 0.3) is 0 Å². The maximum Gasteiger partial charge on any atom is 0.469 e. The van der Waals surface area contributed by atoms with Gasteiger partial charge >= 0.3 is 14.0 Å². The number of halogens is 3. The smallest absolute Gasteiger partial charge is 0.469 e. The van der Waals surface area contributed by atoms with Gasteiger partial charge in [-0.25, -0.2) is 4.57 Å². The van der Waals surface area contributed by atoms with Crippen molar-refractivity contribution in [3.63, 3.8) is 0 Å². The van der Waals surface area contributed by atoms with E-state index >= 15 is 0 Å². The third kappa shape index (κ3) is 9.15. The number of nitrogens with zero attached hydrogens (tertiary/aromatic N) is 2. The number of rotatable bonds is 13. The van der Waals surface area contributed by atoms with Gasteiger partial charge in [0, 0.05) is 12.2 Å². The van der Waals surface area contributed by atoms with Crippen LogP contribution in [0.3, 0.4) is 0 Å². The van der Waals surface area contributed by atoms with Gasteiger partial charge in [-0.3, -0.25) is 4.52 Å². The van der Waals surface area contributed by atoms with Crippen molar-refractivity contribution in [3.05, 3.63) is 64.7 Å². The van der Waals surface area contributed by atoms with Crippen LogP contribution in [-0.2, 0) is 32.1 Å². The minimum Gasteiger partial charge on any atom is -0.493 e. The zero-order chi connectivity index (χ0) is 27.1. The molecule has 202 valence electrons. The largest absolute Gasteiger partial charge is 0.493 e. The van der Waals surface area contributed by atoms with Crippen LogP contribution in [-0.4, -0.2) is 39.8 Å². The number of hydrogen-bond acceptors (Lipinski definition) is 8. The molecule has 0 bridgehead atoms. The van der Waals surface area contributed by atoms with Gasteiger partial charge in [-0.05, 0) is 43.5 Å². The molecule has 4 N–H and O–H groups in total. The minimum absolute atomic E-state index is 0.0885. The fraction of sp³-hybridized carbons (Fsp3) is 0.391. The first-order valence-electron chi connectivity index (χ1n) is 11.1. The topological polar surface area (TPSA) is 137 Å². The number of unbranched alkanes of at least 4 members (excludes halogenated alkanes) is 1. The van der Waals surface area contributed by atoms with Gasteiger partial charge in [-0.15, -0.1) is 10.2 Å². The molecule has 0 unspecified atom stereocenters. The van der Waals surface area contributed by atoms with Crippen LogP contribution in [0.15, 0.2) is 48.5 Å². The number of phosphoric ester groups is 1. The molecule has 1 aromatic heterocycles. The Morgan fingerprint density at radius 1 is 1.05 bits per heavy atom. The standard InChI is InChI=1S/C23H27F3N3O6PS/c1-22(27,15-35-36(30,31)32)21-29-28-20(37-21)17-9-10-19(18(13-17)23(24,25)26)34-12-6-5-11-33-14-16-7-3-2-4-8-16/h2-4,7-10,13H,5-6,11-12,14-15,27H2,1H3,(H2,30,31,32)/t22-/m0/s1. The maximum absolute atomic E-state index is 13.7. The highest BCUT2D eigenvalue weighted by Crippen LogP contribution is 2.41. The number of hydrogen-bond donors (Lipinski definition) is 3. The first-order valence-corrected chi connectivity index (χ1v) is 13.5.